The molecule has 5 rings (SSSR count). The highest BCUT2D eigenvalue weighted by atomic mass is 16.6. The van der Waals surface area contributed by atoms with Gasteiger partial charge in [0.1, 0.15) is 30.4 Å². The average molecular weight is 467 g/mol. The normalized spacial score (nSPS) is 23.4. The summed E-state index contributed by atoms with van der Waals surface area (Å²) in [5.74, 6) is 1.04. The van der Waals surface area contributed by atoms with Crippen molar-refractivity contribution in [2.75, 3.05) is 18.5 Å². The number of rotatable bonds is 8. The second-order valence-electron chi connectivity index (χ2n) is 8.04. The highest BCUT2D eigenvalue weighted by Crippen LogP contribution is 2.32. The number of ether oxygens (including phenoxy) is 2. The maximum Gasteiger partial charge on any atom is 0.199 e. The molecule has 2 aromatic heterocycles. The molecule has 4 aromatic rings. The van der Waals surface area contributed by atoms with Crippen molar-refractivity contribution in [3.63, 3.8) is 0 Å². The lowest BCUT2D eigenvalue weighted by Gasteiger charge is -2.17. The number of aliphatic hydroxyl groups is 4. The van der Waals surface area contributed by atoms with E-state index in [0.29, 0.717) is 29.3 Å². The average Bonchev–Trinajstić information content (AvgIpc) is 3.40. The molecule has 0 radical (unpaired) electrons. The largest absolute Gasteiger partial charge is 0.464 e. The number of aliphatic hydroxyl groups excluding tert-OH is 4. The number of nitrogens with one attached hydrogen (secondary N) is 1. The third-order valence-corrected chi connectivity index (χ3v) is 5.85. The van der Waals surface area contributed by atoms with E-state index < -0.39 is 37.4 Å². The second-order valence-corrected chi connectivity index (χ2v) is 8.04. The van der Waals surface area contributed by atoms with Gasteiger partial charge in [0.15, 0.2) is 29.5 Å². The van der Waals surface area contributed by atoms with Crippen molar-refractivity contribution in [3.05, 3.63) is 55.1 Å². The number of hydrogen-bond donors (Lipinski definition) is 5. The first-order valence-electron chi connectivity index (χ1n) is 10.9. The lowest BCUT2D eigenvalue weighted by Crippen LogP contribution is -2.33. The van der Waals surface area contributed by atoms with Crippen LogP contribution in [0.4, 0.5) is 5.82 Å². The van der Waals surface area contributed by atoms with Crippen molar-refractivity contribution in [3.8, 4) is 5.75 Å². The molecule has 3 unspecified atom stereocenters. The zero-order chi connectivity index (χ0) is 23.7. The van der Waals surface area contributed by atoms with Crippen LogP contribution in [0.25, 0.3) is 21.9 Å². The summed E-state index contributed by atoms with van der Waals surface area (Å²) in [7, 11) is 0. The Bertz CT molecular complexity index is 1280. The van der Waals surface area contributed by atoms with Gasteiger partial charge in [-0.1, -0.05) is 36.4 Å². The van der Waals surface area contributed by atoms with E-state index in [9.17, 15) is 20.4 Å². The number of hydrogen-bond acceptors (Lipinski definition) is 10. The third-order valence-electron chi connectivity index (χ3n) is 5.85. The van der Waals surface area contributed by atoms with Crippen LogP contribution in [0.5, 0.6) is 5.75 Å². The molecule has 5 atom stereocenters. The zero-order valence-electron chi connectivity index (χ0n) is 18.1. The second kappa shape index (κ2) is 9.49. The molecule has 1 aliphatic heterocycles. The third kappa shape index (κ3) is 4.15. The van der Waals surface area contributed by atoms with Crippen molar-refractivity contribution in [2.24, 2.45) is 0 Å². The standard InChI is InChI=1S/C23H25N5O6/c29-10-16-19(31)20(32)23(34-16)28-12-27-18-21(25-11-26-22(18)28)24-9-8-17(30)33-15-7-3-5-13-4-1-2-6-14(13)15/h1-7,11-12,16-17,19-20,23,29-32H,8-10H2,(H,24,25,26)/t16-,17?,19?,20?,23-/m1/s1. The van der Waals surface area contributed by atoms with Crippen LogP contribution in [-0.2, 0) is 4.74 Å². The monoisotopic (exact) mass is 467 g/mol. The van der Waals surface area contributed by atoms with Crippen molar-refractivity contribution >= 4 is 27.8 Å². The van der Waals surface area contributed by atoms with Crippen LogP contribution in [0.2, 0.25) is 0 Å². The van der Waals surface area contributed by atoms with E-state index in [1.54, 1.807) is 0 Å². The van der Waals surface area contributed by atoms with Gasteiger partial charge in [-0.25, -0.2) is 15.0 Å². The van der Waals surface area contributed by atoms with Crippen molar-refractivity contribution in [1.82, 2.24) is 19.5 Å². The molecule has 0 spiro atoms. The molecule has 0 bridgehead atoms. The lowest BCUT2D eigenvalue weighted by atomic mass is 10.1. The SMILES string of the molecule is OC[C@H]1O[C@@H](n2cnc3c(NCCC(O)Oc4cccc5ccccc45)ncnc32)C(O)C1O. The maximum absolute atomic E-state index is 10.4. The number of anilines is 1. The predicted molar refractivity (Wildman–Crippen MR) is 122 cm³/mol. The number of aromatic nitrogens is 4. The highest BCUT2D eigenvalue weighted by molar-refractivity contribution is 5.88. The topological polar surface area (TPSA) is 155 Å². The van der Waals surface area contributed by atoms with Crippen molar-refractivity contribution in [2.45, 2.75) is 37.3 Å². The van der Waals surface area contributed by atoms with E-state index in [1.807, 2.05) is 42.5 Å². The summed E-state index contributed by atoms with van der Waals surface area (Å²) in [6.07, 6.45) is -2.30. The van der Waals surface area contributed by atoms with Crippen LogP contribution < -0.4 is 10.1 Å². The van der Waals surface area contributed by atoms with Crippen LogP contribution in [0.3, 0.4) is 0 Å². The minimum absolute atomic E-state index is 0.282. The summed E-state index contributed by atoms with van der Waals surface area (Å²) in [4.78, 5) is 12.8. The smallest absolute Gasteiger partial charge is 0.199 e. The highest BCUT2D eigenvalue weighted by Gasteiger charge is 2.44. The Balaban J connectivity index is 1.25. The Morgan fingerprint density at radius 1 is 1.06 bits per heavy atom. The van der Waals surface area contributed by atoms with Gasteiger partial charge in [0.05, 0.1) is 12.9 Å². The summed E-state index contributed by atoms with van der Waals surface area (Å²) in [5.41, 5.74) is 0.824. The summed E-state index contributed by atoms with van der Waals surface area (Å²) in [6.45, 7) is -0.0783. The van der Waals surface area contributed by atoms with Gasteiger partial charge >= 0.3 is 0 Å². The fourth-order valence-corrected chi connectivity index (χ4v) is 4.10. The maximum atomic E-state index is 10.4. The molecule has 0 saturated carbocycles. The number of benzene rings is 2. The first-order chi connectivity index (χ1) is 16.6. The van der Waals surface area contributed by atoms with Crippen LogP contribution in [0, 0.1) is 0 Å². The minimum atomic E-state index is -1.25. The fraction of sp³-hybridized carbons (Fsp3) is 0.348. The minimum Gasteiger partial charge on any atom is -0.464 e. The van der Waals surface area contributed by atoms with Crippen LogP contribution >= 0.6 is 0 Å². The van der Waals surface area contributed by atoms with Gasteiger partial charge in [0.2, 0.25) is 0 Å². The van der Waals surface area contributed by atoms with Gasteiger partial charge in [0, 0.05) is 18.4 Å². The molecule has 0 aliphatic carbocycles. The molecular weight excluding hydrogens is 442 g/mol. The molecule has 2 aromatic carbocycles. The van der Waals surface area contributed by atoms with E-state index in [-0.39, 0.29) is 6.42 Å². The molecule has 1 fully saturated rings. The molecule has 11 nitrogen and oxygen atoms in total. The Hall–Kier alpha value is -3.35. The predicted octanol–water partition coefficient (Wildman–Crippen LogP) is 0.790. The molecule has 178 valence electrons. The summed E-state index contributed by atoms with van der Waals surface area (Å²) in [5, 5.41) is 45.2. The molecule has 3 heterocycles. The van der Waals surface area contributed by atoms with Gasteiger partial charge in [-0.3, -0.25) is 4.57 Å². The van der Waals surface area contributed by atoms with E-state index in [0.717, 1.165) is 10.8 Å². The molecule has 1 saturated heterocycles. The van der Waals surface area contributed by atoms with Crippen LogP contribution in [-0.4, -0.2) is 77.7 Å². The van der Waals surface area contributed by atoms with Crippen molar-refractivity contribution in [1.29, 1.82) is 0 Å². The van der Waals surface area contributed by atoms with Crippen LogP contribution in [0.1, 0.15) is 12.6 Å². The first-order valence-corrected chi connectivity index (χ1v) is 10.9. The fourth-order valence-electron chi connectivity index (χ4n) is 4.10. The van der Waals surface area contributed by atoms with Crippen molar-refractivity contribution < 1.29 is 29.9 Å². The van der Waals surface area contributed by atoms with Gasteiger partial charge in [-0.15, -0.1) is 0 Å². The van der Waals surface area contributed by atoms with Gasteiger partial charge in [-0.2, -0.15) is 0 Å². The van der Waals surface area contributed by atoms with Gasteiger partial charge < -0.3 is 35.2 Å². The number of nitrogens with zero attached hydrogens (tertiary/aromatic N) is 4. The molecule has 5 N–H and O–H groups in total. The van der Waals surface area contributed by atoms with E-state index >= 15 is 0 Å². The summed E-state index contributed by atoms with van der Waals surface area (Å²) >= 11 is 0. The van der Waals surface area contributed by atoms with E-state index in [4.69, 9.17) is 9.47 Å². The number of imidazole rings is 1. The summed E-state index contributed by atoms with van der Waals surface area (Å²) in [6, 6.07) is 13.5. The molecule has 0 amide bonds. The Morgan fingerprint density at radius 3 is 2.71 bits per heavy atom. The lowest BCUT2D eigenvalue weighted by molar-refractivity contribution is -0.0511. The molecule has 1 aliphatic rings. The van der Waals surface area contributed by atoms with Gasteiger partial charge in [0.25, 0.3) is 0 Å². The van der Waals surface area contributed by atoms with E-state index in [2.05, 4.69) is 20.3 Å². The Kier molecular flexibility index (Phi) is 6.26. The zero-order valence-corrected chi connectivity index (χ0v) is 18.1. The van der Waals surface area contributed by atoms with Gasteiger partial charge in [-0.05, 0) is 11.5 Å². The van der Waals surface area contributed by atoms with E-state index in [1.165, 1.54) is 17.2 Å². The summed E-state index contributed by atoms with van der Waals surface area (Å²) < 4.78 is 12.8. The molecular formula is C23H25N5O6. The Labute approximate surface area is 194 Å². The van der Waals surface area contributed by atoms with Crippen LogP contribution in [0.15, 0.2) is 55.1 Å². The molecule has 11 heteroatoms. The Morgan fingerprint density at radius 2 is 1.88 bits per heavy atom. The quantitative estimate of drug-likeness (QED) is 0.235. The number of fused-ring (bicyclic) bond motifs is 2. The first kappa shape index (κ1) is 22.4. The molecule has 34 heavy (non-hydrogen) atoms.